The fourth-order valence-electron chi connectivity index (χ4n) is 2.07. The zero-order valence-corrected chi connectivity index (χ0v) is 11.4. The van der Waals surface area contributed by atoms with Gasteiger partial charge in [0.2, 0.25) is 0 Å². The summed E-state index contributed by atoms with van der Waals surface area (Å²) in [6, 6.07) is 10.6. The van der Waals surface area contributed by atoms with Gasteiger partial charge in [0, 0.05) is 24.2 Å². The lowest BCUT2D eigenvalue weighted by atomic mass is 10.2. The lowest BCUT2D eigenvalue weighted by Gasteiger charge is -2.28. The maximum absolute atomic E-state index is 5.94. The molecule has 0 fully saturated rings. The average Bonchev–Trinajstić information content (AvgIpc) is 2.93. The monoisotopic (exact) mass is 261 g/mol. The minimum Gasteiger partial charge on any atom is -0.329 e. The maximum atomic E-state index is 5.94. The molecule has 2 aromatic heterocycles. The van der Waals surface area contributed by atoms with E-state index in [0.29, 0.717) is 6.54 Å². The van der Waals surface area contributed by atoms with Crippen molar-refractivity contribution in [1.29, 1.82) is 0 Å². The first-order valence-electron chi connectivity index (χ1n) is 6.22. The Bertz CT molecular complexity index is 441. The van der Waals surface area contributed by atoms with Gasteiger partial charge in [-0.1, -0.05) is 19.1 Å². The van der Waals surface area contributed by atoms with Gasteiger partial charge in [-0.25, -0.2) is 0 Å². The van der Waals surface area contributed by atoms with Gasteiger partial charge in [-0.05, 0) is 30.1 Å². The number of pyridine rings is 1. The SMILES string of the molecule is CCN(Cc1ccccn1)C(CN)c1cccs1. The molecule has 0 radical (unpaired) electrons. The lowest BCUT2D eigenvalue weighted by molar-refractivity contribution is 0.204. The van der Waals surface area contributed by atoms with Gasteiger partial charge in [0.05, 0.1) is 11.7 Å². The zero-order chi connectivity index (χ0) is 12.8. The van der Waals surface area contributed by atoms with Crippen molar-refractivity contribution < 1.29 is 0 Å². The predicted octanol–water partition coefficient (Wildman–Crippen LogP) is 2.67. The summed E-state index contributed by atoms with van der Waals surface area (Å²) in [5.41, 5.74) is 7.03. The third kappa shape index (κ3) is 3.16. The van der Waals surface area contributed by atoms with Crippen LogP contribution in [-0.4, -0.2) is 23.0 Å². The zero-order valence-electron chi connectivity index (χ0n) is 10.6. The second-order valence-electron chi connectivity index (χ2n) is 4.15. The standard InChI is InChI=1S/C14H19N3S/c1-2-17(11-12-6-3-4-8-16-12)13(10-15)14-7-5-9-18-14/h3-9,13H,2,10-11,15H2,1H3. The van der Waals surface area contributed by atoms with E-state index in [1.165, 1.54) is 4.88 Å². The van der Waals surface area contributed by atoms with Crippen molar-refractivity contribution >= 4 is 11.3 Å². The van der Waals surface area contributed by atoms with Gasteiger partial charge < -0.3 is 5.73 Å². The summed E-state index contributed by atoms with van der Waals surface area (Å²) in [6.07, 6.45) is 1.84. The highest BCUT2D eigenvalue weighted by Gasteiger charge is 2.18. The first-order valence-corrected chi connectivity index (χ1v) is 7.10. The minimum absolute atomic E-state index is 0.289. The third-order valence-electron chi connectivity index (χ3n) is 3.03. The Morgan fingerprint density at radius 2 is 2.22 bits per heavy atom. The van der Waals surface area contributed by atoms with Crippen LogP contribution in [0.15, 0.2) is 41.9 Å². The van der Waals surface area contributed by atoms with E-state index in [-0.39, 0.29) is 6.04 Å². The molecule has 18 heavy (non-hydrogen) atoms. The first-order chi connectivity index (χ1) is 8.85. The molecule has 4 heteroatoms. The van der Waals surface area contributed by atoms with Crippen LogP contribution in [0.5, 0.6) is 0 Å². The fourth-order valence-corrected chi connectivity index (χ4v) is 2.94. The van der Waals surface area contributed by atoms with Crippen molar-refractivity contribution in [2.75, 3.05) is 13.1 Å². The lowest BCUT2D eigenvalue weighted by Crippen LogP contribution is -2.33. The molecule has 0 aliphatic heterocycles. The summed E-state index contributed by atoms with van der Waals surface area (Å²) < 4.78 is 0. The quantitative estimate of drug-likeness (QED) is 0.869. The summed E-state index contributed by atoms with van der Waals surface area (Å²) >= 11 is 1.77. The molecule has 0 spiro atoms. The molecule has 0 aromatic carbocycles. The van der Waals surface area contributed by atoms with Gasteiger partial charge in [-0.2, -0.15) is 0 Å². The van der Waals surface area contributed by atoms with Crippen LogP contribution >= 0.6 is 11.3 Å². The van der Waals surface area contributed by atoms with E-state index in [0.717, 1.165) is 18.8 Å². The van der Waals surface area contributed by atoms with E-state index in [9.17, 15) is 0 Å². The fraction of sp³-hybridized carbons (Fsp3) is 0.357. The van der Waals surface area contributed by atoms with Gasteiger partial charge in [-0.15, -0.1) is 11.3 Å². The van der Waals surface area contributed by atoms with Gasteiger partial charge in [-0.3, -0.25) is 9.88 Å². The molecule has 0 amide bonds. The van der Waals surface area contributed by atoms with Crippen molar-refractivity contribution in [3.63, 3.8) is 0 Å². The Morgan fingerprint density at radius 3 is 2.78 bits per heavy atom. The maximum Gasteiger partial charge on any atom is 0.0567 e. The van der Waals surface area contributed by atoms with Crippen molar-refractivity contribution in [1.82, 2.24) is 9.88 Å². The molecular formula is C14H19N3S. The molecule has 0 aliphatic rings. The van der Waals surface area contributed by atoms with E-state index >= 15 is 0 Å². The van der Waals surface area contributed by atoms with Crippen molar-refractivity contribution in [3.8, 4) is 0 Å². The molecule has 2 heterocycles. The Kier molecular flexibility index (Phi) is 4.87. The van der Waals surface area contributed by atoms with Crippen LogP contribution in [0.2, 0.25) is 0 Å². The largest absolute Gasteiger partial charge is 0.329 e. The van der Waals surface area contributed by atoms with Crippen LogP contribution in [0, 0.1) is 0 Å². The predicted molar refractivity (Wildman–Crippen MR) is 76.4 cm³/mol. The normalized spacial score (nSPS) is 12.8. The Balaban J connectivity index is 2.12. The van der Waals surface area contributed by atoms with Gasteiger partial charge >= 0.3 is 0 Å². The number of hydrogen-bond acceptors (Lipinski definition) is 4. The molecule has 0 saturated heterocycles. The van der Waals surface area contributed by atoms with Crippen LogP contribution < -0.4 is 5.73 Å². The van der Waals surface area contributed by atoms with E-state index in [1.54, 1.807) is 11.3 Å². The molecule has 96 valence electrons. The van der Waals surface area contributed by atoms with E-state index < -0.39 is 0 Å². The number of likely N-dealkylation sites (N-methyl/N-ethyl adjacent to an activating group) is 1. The number of thiophene rings is 1. The molecule has 1 atom stereocenters. The van der Waals surface area contributed by atoms with Crippen molar-refractivity contribution in [2.24, 2.45) is 5.73 Å². The summed E-state index contributed by atoms with van der Waals surface area (Å²) in [6.45, 7) is 4.62. The van der Waals surface area contributed by atoms with Crippen molar-refractivity contribution in [2.45, 2.75) is 19.5 Å². The number of nitrogens with two attached hydrogens (primary N) is 1. The van der Waals surface area contributed by atoms with E-state index in [4.69, 9.17) is 5.73 Å². The van der Waals surface area contributed by atoms with Gasteiger partial charge in [0.25, 0.3) is 0 Å². The molecule has 0 bridgehead atoms. The van der Waals surface area contributed by atoms with Crippen molar-refractivity contribution in [3.05, 3.63) is 52.5 Å². The van der Waals surface area contributed by atoms with Crippen LogP contribution in [0.25, 0.3) is 0 Å². The van der Waals surface area contributed by atoms with Gasteiger partial charge in [0.15, 0.2) is 0 Å². The highest BCUT2D eigenvalue weighted by Crippen LogP contribution is 2.25. The third-order valence-corrected chi connectivity index (χ3v) is 4.01. The van der Waals surface area contributed by atoms with Gasteiger partial charge in [0.1, 0.15) is 0 Å². The second kappa shape index (κ2) is 6.64. The topological polar surface area (TPSA) is 42.2 Å². The summed E-state index contributed by atoms with van der Waals surface area (Å²) in [5.74, 6) is 0. The highest BCUT2D eigenvalue weighted by atomic mass is 32.1. The number of aromatic nitrogens is 1. The molecule has 2 aromatic rings. The molecule has 1 unspecified atom stereocenters. The Hall–Kier alpha value is -1.23. The van der Waals surface area contributed by atoms with Crippen LogP contribution in [-0.2, 0) is 6.54 Å². The number of nitrogens with zero attached hydrogens (tertiary/aromatic N) is 2. The minimum atomic E-state index is 0.289. The van der Waals surface area contributed by atoms with Crippen LogP contribution in [0.1, 0.15) is 23.5 Å². The summed E-state index contributed by atoms with van der Waals surface area (Å²) in [7, 11) is 0. The summed E-state index contributed by atoms with van der Waals surface area (Å²) in [4.78, 5) is 8.08. The first kappa shape index (κ1) is 13.2. The van der Waals surface area contributed by atoms with E-state index in [2.05, 4.69) is 40.4 Å². The van der Waals surface area contributed by atoms with Crippen LogP contribution in [0.3, 0.4) is 0 Å². The number of hydrogen-bond donors (Lipinski definition) is 1. The molecule has 2 N–H and O–H groups in total. The average molecular weight is 261 g/mol. The Labute approximate surface area is 112 Å². The smallest absolute Gasteiger partial charge is 0.0567 e. The molecular weight excluding hydrogens is 242 g/mol. The highest BCUT2D eigenvalue weighted by molar-refractivity contribution is 7.10. The molecule has 3 nitrogen and oxygen atoms in total. The molecule has 0 aliphatic carbocycles. The molecule has 0 saturated carbocycles. The second-order valence-corrected chi connectivity index (χ2v) is 5.13. The van der Waals surface area contributed by atoms with E-state index in [1.807, 2.05) is 18.3 Å². The summed E-state index contributed by atoms with van der Waals surface area (Å²) in [5, 5.41) is 2.10. The molecule has 2 rings (SSSR count). The van der Waals surface area contributed by atoms with Crippen LogP contribution in [0.4, 0.5) is 0 Å². The number of rotatable bonds is 6. The Morgan fingerprint density at radius 1 is 1.33 bits per heavy atom.